The predicted molar refractivity (Wildman–Crippen MR) is 173 cm³/mol. The first kappa shape index (κ1) is 38.2. The first-order valence-corrected chi connectivity index (χ1v) is 16.0. The molecule has 0 bridgehead atoms. The van der Waals surface area contributed by atoms with Crippen LogP contribution in [0.2, 0.25) is 0 Å². The summed E-state index contributed by atoms with van der Waals surface area (Å²) >= 11 is 0. The maximum atomic E-state index is 14.0. The van der Waals surface area contributed by atoms with E-state index in [-0.39, 0.29) is 49.6 Å². The molecule has 0 saturated carbocycles. The van der Waals surface area contributed by atoms with Gasteiger partial charge in [-0.3, -0.25) is 24.2 Å². The fourth-order valence-electron chi connectivity index (χ4n) is 5.83. The van der Waals surface area contributed by atoms with Crippen LogP contribution in [0.1, 0.15) is 71.8 Å². The van der Waals surface area contributed by atoms with Gasteiger partial charge in [-0.05, 0) is 49.5 Å². The van der Waals surface area contributed by atoms with E-state index in [9.17, 15) is 28.4 Å². The van der Waals surface area contributed by atoms with Crippen molar-refractivity contribution in [1.29, 1.82) is 0 Å². The molecule has 256 valence electrons. The monoisotopic (exact) mass is 646 g/mol. The van der Waals surface area contributed by atoms with E-state index in [1.807, 2.05) is 58.0 Å². The summed E-state index contributed by atoms with van der Waals surface area (Å²) in [6.45, 7) is 6.86. The summed E-state index contributed by atoms with van der Waals surface area (Å²) in [6, 6.07) is 6.51. The third-order valence-corrected chi connectivity index (χ3v) is 8.11. The number of halogens is 1. The number of rotatable bonds is 18. The maximum absolute atomic E-state index is 14.0. The lowest BCUT2D eigenvalue weighted by Crippen LogP contribution is -2.58. The number of hydrogen-bond acceptors (Lipinski definition) is 7. The van der Waals surface area contributed by atoms with E-state index < -0.39 is 54.4 Å². The number of guanidine groups is 1. The standard InChI is InChI=1S/C33H51FN6O6/c1-21(2)17-25(38-33(45)46-20-23-11-7-6-8-12-23)30(43)39(5)29(22(3)4)31(44)40-16-10-14-26(40)27(41)18-24(28(42)19-34)13-9-15-37-32(35)36/h6-8,11-12,21-22,24-26,29H,9-10,13-20H2,1-5H3,(H,38,45)(H4,35,36,37)/t24-,25+,26+,29+/m1/s1. The number of alkyl carbamates (subject to hydrolysis) is 1. The molecule has 46 heavy (non-hydrogen) atoms. The van der Waals surface area contributed by atoms with Crippen molar-refractivity contribution in [2.24, 2.45) is 34.2 Å². The Kier molecular flexibility index (Phi) is 15.6. The van der Waals surface area contributed by atoms with Crippen molar-refractivity contribution in [2.45, 2.75) is 91.0 Å². The lowest BCUT2D eigenvalue weighted by Gasteiger charge is -2.37. The highest BCUT2D eigenvalue weighted by Gasteiger charge is 2.42. The lowest BCUT2D eigenvalue weighted by molar-refractivity contribution is -0.149. The number of benzene rings is 1. The van der Waals surface area contributed by atoms with E-state index in [4.69, 9.17) is 16.2 Å². The minimum absolute atomic E-state index is 0.0383. The minimum Gasteiger partial charge on any atom is -0.445 e. The highest BCUT2D eigenvalue weighted by atomic mass is 19.1. The number of nitrogens with zero attached hydrogens (tertiary/aromatic N) is 3. The first-order chi connectivity index (χ1) is 21.8. The topological polar surface area (TPSA) is 177 Å². The molecule has 12 nitrogen and oxygen atoms in total. The van der Waals surface area contributed by atoms with Crippen LogP contribution in [-0.2, 0) is 30.5 Å². The van der Waals surface area contributed by atoms with Gasteiger partial charge >= 0.3 is 6.09 Å². The number of ether oxygens (including phenoxy) is 1. The molecule has 0 spiro atoms. The summed E-state index contributed by atoms with van der Waals surface area (Å²) in [4.78, 5) is 73.0. The van der Waals surface area contributed by atoms with Crippen molar-refractivity contribution in [1.82, 2.24) is 15.1 Å². The zero-order valence-electron chi connectivity index (χ0n) is 27.7. The van der Waals surface area contributed by atoms with Crippen LogP contribution in [0.4, 0.5) is 9.18 Å². The second-order valence-electron chi connectivity index (χ2n) is 12.6. The van der Waals surface area contributed by atoms with Crippen molar-refractivity contribution >= 4 is 35.4 Å². The highest BCUT2D eigenvalue weighted by molar-refractivity contribution is 5.96. The van der Waals surface area contributed by atoms with Crippen LogP contribution in [0.5, 0.6) is 0 Å². The Hall–Kier alpha value is -4.03. The number of likely N-dealkylation sites (N-methyl/N-ethyl adjacent to an activating group) is 1. The molecular formula is C33H51FN6O6. The van der Waals surface area contributed by atoms with Crippen molar-refractivity contribution in [3.63, 3.8) is 0 Å². The molecule has 13 heteroatoms. The third-order valence-electron chi connectivity index (χ3n) is 8.11. The Labute approximate surface area is 271 Å². The fraction of sp³-hybridized carbons (Fsp3) is 0.636. The zero-order chi connectivity index (χ0) is 34.4. The molecule has 1 fully saturated rings. The molecule has 4 atom stereocenters. The Balaban J connectivity index is 2.16. The van der Waals surface area contributed by atoms with Gasteiger partial charge in [-0.15, -0.1) is 0 Å². The second-order valence-corrected chi connectivity index (χ2v) is 12.6. The second kappa shape index (κ2) is 18.8. The Morgan fingerprint density at radius 1 is 1.11 bits per heavy atom. The Morgan fingerprint density at radius 2 is 1.78 bits per heavy atom. The number of carbonyl (C=O) groups is 5. The van der Waals surface area contributed by atoms with Crippen LogP contribution < -0.4 is 16.8 Å². The van der Waals surface area contributed by atoms with E-state index in [1.54, 1.807) is 0 Å². The van der Waals surface area contributed by atoms with E-state index >= 15 is 0 Å². The normalized spacial score (nSPS) is 16.4. The average Bonchev–Trinajstić information content (AvgIpc) is 3.51. The molecule has 1 aliphatic heterocycles. The van der Waals surface area contributed by atoms with E-state index in [0.29, 0.717) is 32.2 Å². The fourth-order valence-corrected chi connectivity index (χ4v) is 5.83. The molecule has 1 saturated heterocycles. The van der Waals surface area contributed by atoms with Crippen molar-refractivity contribution in [3.8, 4) is 0 Å². The van der Waals surface area contributed by atoms with Gasteiger partial charge in [-0.2, -0.15) is 0 Å². The molecule has 1 aromatic rings. The summed E-state index contributed by atoms with van der Waals surface area (Å²) in [6.07, 6.45) is 0.971. The van der Waals surface area contributed by atoms with Gasteiger partial charge in [0.25, 0.3) is 0 Å². The van der Waals surface area contributed by atoms with Crippen molar-refractivity contribution in [3.05, 3.63) is 35.9 Å². The number of hydrogen-bond donors (Lipinski definition) is 3. The molecule has 2 rings (SSSR count). The number of nitrogens with one attached hydrogen (secondary N) is 1. The van der Waals surface area contributed by atoms with Gasteiger partial charge in [0.15, 0.2) is 17.5 Å². The number of ketones is 2. The van der Waals surface area contributed by atoms with Crippen LogP contribution in [0, 0.1) is 17.8 Å². The van der Waals surface area contributed by atoms with Crippen LogP contribution in [-0.4, -0.2) is 90.2 Å². The Morgan fingerprint density at radius 3 is 2.37 bits per heavy atom. The number of carbonyl (C=O) groups excluding carboxylic acids is 5. The molecule has 5 N–H and O–H groups in total. The van der Waals surface area contributed by atoms with E-state index in [2.05, 4.69) is 10.3 Å². The molecule has 0 aromatic heterocycles. The van der Waals surface area contributed by atoms with Crippen LogP contribution in [0.25, 0.3) is 0 Å². The van der Waals surface area contributed by atoms with Gasteiger partial charge in [-0.25, -0.2) is 9.18 Å². The minimum atomic E-state index is -1.19. The summed E-state index contributed by atoms with van der Waals surface area (Å²) in [7, 11) is 1.52. The number of nitrogens with two attached hydrogens (primary N) is 2. The summed E-state index contributed by atoms with van der Waals surface area (Å²) in [5, 5.41) is 2.68. The zero-order valence-corrected chi connectivity index (χ0v) is 27.7. The summed E-state index contributed by atoms with van der Waals surface area (Å²) in [5.41, 5.74) is 11.5. The smallest absolute Gasteiger partial charge is 0.408 e. The molecule has 1 aromatic carbocycles. The molecule has 0 radical (unpaired) electrons. The van der Waals surface area contributed by atoms with Crippen molar-refractivity contribution < 1.29 is 33.1 Å². The number of Topliss-reactive ketones (excluding diaryl/α,β-unsaturated/α-hetero) is 2. The predicted octanol–water partition coefficient (Wildman–Crippen LogP) is 2.97. The van der Waals surface area contributed by atoms with Gasteiger partial charge in [0, 0.05) is 32.5 Å². The average molecular weight is 647 g/mol. The highest BCUT2D eigenvalue weighted by Crippen LogP contribution is 2.26. The SMILES string of the molecule is CC(C)C[C@H](NC(=O)OCc1ccccc1)C(=O)N(C)[C@H](C(=O)N1CCC[C@H]1C(=O)C[C@@H](CCCN=C(N)N)C(=O)CF)C(C)C. The van der Waals surface area contributed by atoms with Crippen LogP contribution in [0.3, 0.4) is 0 Å². The largest absolute Gasteiger partial charge is 0.445 e. The summed E-state index contributed by atoms with van der Waals surface area (Å²) < 4.78 is 18.7. The van der Waals surface area contributed by atoms with Crippen molar-refractivity contribution in [2.75, 3.05) is 26.8 Å². The number of amides is 3. The Bertz CT molecular complexity index is 1210. The van der Waals surface area contributed by atoms with Crippen LogP contribution >= 0.6 is 0 Å². The lowest BCUT2D eigenvalue weighted by atomic mass is 9.90. The van der Waals surface area contributed by atoms with Gasteiger partial charge in [0.2, 0.25) is 11.8 Å². The van der Waals surface area contributed by atoms with E-state index in [1.165, 1.54) is 16.8 Å². The van der Waals surface area contributed by atoms with Gasteiger partial charge in [0.1, 0.15) is 25.4 Å². The van der Waals surface area contributed by atoms with Gasteiger partial charge in [0.05, 0.1) is 6.04 Å². The third kappa shape index (κ3) is 11.7. The molecule has 3 amide bonds. The molecule has 0 aliphatic carbocycles. The molecule has 0 unspecified atom stereocenters. The quantitative estimate of drug-likeness (QED) is 0.124. The molecule has 1 aliphatic rings. The molecular weight excluding hydrogens is 595 g/mol. The summed E-state index contributed by atoms with van der Waals surface area (Å²) in [5.74, 6) is -3.06. The maximum Gasteiger partial charge on any atom is 0.408 e. The number of alkyl halides is 1. The van der Waals surface area contributed by atoms with E-state index in [0.717, 1.165) is 5.56 Å². The first-order valence-electron chi connectivity index (χ1n) is 16.0. The number of likely N-dealkylation sites (tertiary alicyclic amines) is 1. The van der Waals surface area contributed by atoms with Crippen LogP contribution in [0.15, 0.2) is 35.3 Å². The number of aliphatic imine (C=N–C) groups is 1. The van der Waals surface area contributed by atoms with Gasteiger partial charge in [-0.1, -0.05) is 58.0 Å². The molecule has 1 heterocycles. The van der Waals surface area contributed by atoms with Gasteiger partial charge < -0.3 is 31.3 Å².